The van der Waals surface area contributed by atoms with E-state index in [0.717, 1.165) is 21.8 Å². The van der Waals surface area contributed by atoms with Crippen molar-refractivity contribution < 1.29 is 17.2 Å². The smallest absolute Gasteiger partial charge is 0.277 e. The minimum atomic E-state index is -3.66. The van der Waals surface area contributed by atoms with Gasteiger partial charge in [0.2, 0.25) is 0 Å². The van der Waals surface area contributed by atoms with Gasteiger partial charge < -0.3 is 0 Å². The summed E-state index contributed by atoms with van der Waals surface area (Å²) in [4.78, 5) is 3.75. The molecule has 0 unspecified atom stereocenters. The summed E-state index contributed by atoms with van der Waals surface area (Å²) >= 11 is 1.08. The molecule has 0 bridgehead atoms. The van der Waals surface area contributed by atoms with Crippen LogP contribution in [-0.2, 0) is 16.6 Å². The molecule has 0 fully saturated rings. The molecule has 0 amide bonds. The fourth-order valence-electron chi connectivity index (χ4n) is 1.49. The summed E-state index contributed by atoms with van der Waals surface area (Å²) in [5.41, 5.74) is 0. The molecule has 104 valence electrons. The van der Waals surface area contributed by atoms with Crippen LogP contribution >= 0.6 is 11.3 Å². The fraction of sp³-hybridized carbons (Fsp3) is 0.300. The standard InChI is InChI=1S/C10H11F2N3O2S2/c1-14(19(16,17)9-3-2-6-18-9)7-8-13-4-5-15(8)10(11)12/h2-6,10H,7H2,1H3. The molecule has 0 N–H and O–H groups in total. The second-order valence-corrected chi connectivity index (χ2v) is 6.94. The first-order chi connectivity index (χ1) is 8.93. The van der Waals surface area contributed by atoms with Crippen molar-refractivity contribution in [3.63, 3.8) is 0 Å². The summed E-state index contributed by atoms with van der Waals surface area (Å²) in [6.07, 6.45) is 2.33. The number of thiophene rings is 1. The summed E-state index contributed by atoms with van der Waals surface area (Å²) in [6.45, 7) is -2.95. The molecule has 2 heterocycles. The van der Waals surface area contributed by atoms with Crippen LogP contribution in [0.3, 0.4) is 0 Å². The summed E-state index contributed by atoms with van der Waals surface area (Å²) < 4.78 is 51.3. The average molecular weight is 307 g/mol. The SMILES string of the molecule is CN(Cc1nccn1C(F)F)S(=O)(=O)c1cccs1. The molecule has 0 aromatic carbocycles. The first kappa shape index (κ1) is 14.1. The second-order valence-electron chi connectivity index (χ2n) is 3.72. The number of rotatable bonds is 5. The first-order valence-electron chi connectivity index (χ1n) is 5.22. The Labute approximate surface area is 113 Å². The zero-order valence-electron chi connectivity index (χ0n) is 9.90. The van der Waals surface area contributed by atoms with Gasteiger partial charge in [0.05, 0.1) is 6.54 Å². The molecule has 2 aromatic heterocycles. The molecule has 19 heavy (non-hydrogen) atoms. The van der Waals surface area contributed by atoms with Gasteiger partial charge in [-0.25, -0.2) is 13.4 Å². The van der Waals surface area contributed by atoms with Crippen molar-refractivity contribution in [2.24, 2.45) is 0 Å². The normalized spacial score (nSPS) is 12.5. The lowest BCUT2D eigenvalue weighted by Gasteiger charge is -2.16. The van der Waals surface area contributed by atoms with Gasteiger partial charge >= 0.3 is 6.55 Å². The van der Waals surface area contributed by atoms with Crippen molar-refractivity contribution in [1.29, 1.82) is 0 Å². The first-order valence-corrected chi connectivity index (χ1v) is 7.54. The van der Waals surface area contributed by atoms with Crippen molar-refractivity contribution in [1.82, 2.24) is 13.9 Å². The minimum absolute atomic E-state index is 0.00219. The van der Waals surface area contributed by atoms with Gasteiger partial charge in [0.1, 0.15) is 10.0 Å². The molecule has 9 heteroatoms. The molecule has 0 aliphatic carbocycles. The number of hydrogen-bond acceptors (Lipinski definition) is 4. The molecule has 0 saturated heterocycles. The largest absolute Gasteiger partial charge is 0.319 e. The Morgan fingerprint density at radius 2 is 2.26 bits per heavy atom. The van der Waals surface area contributed by atoms with E-state index in [1.54, 1.807) is 11.4 Å². The van der Waals surface area contributed by atoms with Crippen LogP contribution in [0.4, 0.5) is 8.78 Å². The van der Waals surface area contributed by atoms with E-state index in [1.165, 1.54) is 19.3 Å². The van der Waals surface area contributed by atoms with E-state index < -0.39 is 16.6 Å². The third kappa shape index (κ3) is 2.82. The van der Waals surface area contributed by atoms with Gasteiger partial charge in [-0.1, -0.05) is 6.07 Å². The van der Waals surface area contributed by atoms with Gasteiger partial charge in [0, 0.05) is 19.4 Å². The Hall–Kier alpha value is -1.32. The van der Waals surface area contributed by atoms with Gasteiger partial charge in [0.15, 0.2) is 0 Å². The maximum Gasteiger partial charge on any atom is 0.319 e. The number of alkyl halides is 2. The Bertz CT molecular complexity index is 638. The van der Waals surface area contributed by atoms with Crippen LogP contribution in [0, 0.1) is 0 Å². The number of nitrogens with zero attached hydrogens (tertiary/aromatic N) is 3. The highest BCUT2D eigenvalue weighted by molar-refractivity contribution is 7.91. The van der Waals surface area contributed by atoms with Gasteiger partial charge in [-0.15, -0.1) is 11.3 Å². The molecule has 5 nitrogen and oxygen atoms in total. The Balaban J connectivity index is 2.22. The van der Waals surface area contributed by atoms with Crippen molar-refractivity contribution in [2.45, 2.75) is 17.3 Å². The van der Waals surface area contributed by atoms with E-state index in [2.05, 4.69) is 4.98 Å². The van der Waals surface area contributed by atoms with Crippen molar-refractivity contribution in [2.75, 3.05) is 7.05 Å². The number of imidazole rings is 1. The summed E-state index contributed by atoms with van der Waals surface area (Å²) in [5.74, 6) is -0.00219. The van der Waals surface area contributed by atoms with Gasteiger partial charge in [-0.2, -0.15) is 13.1 Å². The average Bonchev–Trinajstić information content (AvgIpc) is 2.99. The molecule has 2 aromatic rings. The second kappa shape index (κ2) is 5.35. The highest BCUT2D eigenvalue weighted by atomic mass is 32.2. The van der Waals surface area contributed by atoms with Gasteiger partial charge in [-0.05, 0) is 11.4 Å². The van der Waals surface area contributed by atoms with E-state index in [9.17, 15) is 17.2 Å². The molecular formula is C10H11F2N3O2S2. The lowest BCUT2D eigenvalue weighted by Crippen LogP contribution is -2.27. The lowest BCUT2D eigenvalue weighted by atomic mass is 10.6. The minimum Gasteiger partial charge on any atom is -0.277 e. The maximum absolute atomic E-state index is 12.6. The zero-order valence-corrected chi connectivity index (χ0v) is 11.5. The summed E-state index contributed by atoms with van der Waals surface area (Å²) in [5, 5.41) is 1.64. The van der Waals surface area contributed by atoms with E-state index in [1.807, 2.05) is 0 Å². The Kier molecular flexibility index (Phi) is 3.97. The predicted octanol–water partition coefficient (Wildman–Crippen LogP) is 2.16. The fourth-order valence-corrected chi connectivity index (χ4v) is 3.82. The van der Waals surface area contributed by atoms with Crippen LogP contribution in [0.15, 0.2) is 34.1 Å². The van der Waals surface area contributed by atoms with Gasteiger partial charge in [-0.3, -0.25) is 4.57 Å². The number of halogens is 2. The quantitative estimate of drug-likeness (QED) is 0.850. The zero-order chi connectivity index (χ0) is 14.0. The van der Waals surface area contributed by atoms with E-state index in [4.69, 9.17) is 0 Å². The highest BCUT2D eigenvalue weighted by Gasteiger charge is 2.24. The molecule has 0 spiro atoms. The van der Waals surface area contributed by atoms with Crippen LogP contribution < -0.4 is 0 Å². The number of sulfonamides is 1. The third-order valence-electron chi connectivity index (χ3n) is 2.48. The highest BCUT2D eigenvalue weighted by Crippen LogP contribution is 2.22. The molecule has 0 saturated carbocycles. The third-order valence-corrected chi connectivity index (χ3v) is 5.66. The van der Waals surface area contributed by atoms with E-state index in [0.29, 0.717) is 4.57 Å². The van der Waals surface area contributed by atoms with Crippen molar-refractivity contribution in [3.8, 4) is 0 Å². The molecule has 0 atom stereocenters. The summed E-state index contributed by atoms with van der Waals surface area (Å²) in [7, 11) is -2.33. The van der Waals surface area contributed by atoms with Crippen LogP contribution in [0.25, 0.3) is 0 Å². The molecule has 2 rings (SSSR count). The van der Waals surface area contributed by atoms with Crippen LogP contribution in [0.5, 0.6) is 0 Å². The van der Waals surface area contributed by atoms with Crippen LogP contribution in [-0.4, -0.2) is 29.3 Å². The predicted molar refractivity (Wildman–Crippen MR) is 66.5 cm³/mol. The number of hydrogen-bond donors (Lipinski definition) is 0. The molecular weight excluding hydrogens is 296 g/mol. The van der Waals surface area contributed by atoms with Crippen LogP contribution in [0.2, 0.25) is 0 Å². The Morgan fingerprint density at radius 1 is 1.53 bits per heavy atom. The molecule has 0 aliphatic rings. The number of aromatic nitrogens is 2. The van der Waals surface area contributed by atoms with E-state index >= 15 is 0 Å². The molecule has 0 radical (unpaired) electrons. The topological polar surface area (TPSA) is 55.2 Å². The molecule has 0 aliphatic heterocycles. The Morgan fingerprint density at radius 3 is 2.84 bits per heavy atom. The van der Waals surface area contributed by atoms with Crippen molar-refractivity contribution >= 4 is 21.4 Å². The van der Waals surface area contributed by atoms with Gasteiger partial charge in [0.25, 0.3) is 10.0 Å². The lowest BCUT2D eigenvalue weighted by molar-refractivity contribution is 0.0658. The monoisotopic (exact) mass is 307 g/mol. The van der Waals surface area contributed by atoms with E-state index in [-0.39, 0.29) is 16.6 Å². The maximum atomic E-state index is 12.6. The summed E-state index contributed by atoms with van der Waals surface area (Å²) in [6, 6.07) is 3.08. The van der Waals surface area contributed by atoms with Crippen molar-refractivity contribution in [3.05, 3.63) is 35.7 Å². The van der Waals surface area contributed by atoms with Crippen LogP contribution in [0.1, 0.15) is 12.4 Å².